The summed E-state index contributed by atoms with van der Waals surface area (Å²) in [6, 6.07) is 17.2. The molecule has 2 aromatic rings. The zero-order valence-corrected chi connectivity index (χ0v) is 15.5. The van der Waals surface area contributed by atoms with Crippen molar-refractivity contribution in [2.24, 2.45) is 15.7 Å². The van der Waals surface area contributed by atoms with Crippen molar-refractivity contribution in [2.45, 2.75) is 51.7 Å². The molecule has 0 spiro atoms. The molecule has 2 heterocycles. The molecule has 4 nitrogen and oxygen atoms in total. The molecular weight excluding hydrogens is 320 g/mol. The fraction of sp³-hybridized carbons (Fsp3) is 0.364. The molecule has 2 aliphatic rings. The quantitative estimate of drug-likeness (QED) is 0.866. The average molecular weight is 346 g/mol. The van der Waals surface area contributed by atoms with Crippen molar-refractivity contribution < 1.29 is 0 Å². The van der Waals surface area contributed by atoms with Crippen LogP contribution in [0.3, 0.4) is 0 Å². The minimum Gasteiger partial charge on any atom is -0.385 e. The number of amidine groups is 2. The Morgan fingerprint density at radius 3 is 2.62 bits per heavy atom. The van der Waals surface area contributed by atoms with E-state index in [0.29, 0.717) is 5.84 Å². The fourth-order valence-corrected chi connectivity index (χ4v) is 3.87. The van der Waals surface area contributed by atoms with Gasteiger partial charge in [-0.1, -0.05) is 61.4 Å². The van der Waals surface area contributed by atoms with E-state index in [9.17, 15) is 0 Å². The summed E-state index contributed by atoms with van der Waals surface area (Å²) in [5.41, 5.74) is 11.1. The Kier molecular flexibility index (Phi) is 4.49. The molecule has 0 aromatic heterocycles. The summed E-state index contributed by atoms with van der Waals surface area (Å²) >= 11 is 0. The maximum Gasteiger partial charge on any atom is 0.134 e. The Morgan fingerprint density at radius 2 is 1.85 bits per heavy atom. The lowest BCUT2D eigenvalue weighted by atomic mass is 9.93. The third-order valence-corrected chi connectivity index (χ3v) is 5.29. The molecule has 0 aliphatic carbocycles. The average Bonchev–Trinajstić information content (AvgIpc) is 3.01. The number of fused-ring (bicyclic) bond motifs is 3. The van der Waals surface area contributed by atoms with Crippen LogP contribution in [0.4, 0.5) is 5.69 Å². The van der Waals surface area contributed by atoms with E-state index >= 15 is 0 Å². The van der Waals surface area contributed by atoms with Crippen LogP contribution >= 0.6 is 0 Å². The minimum absolute atomic E-state index is 0.0674. The molecule has 2 atom stereocenters. The van der Waals surface area contributed by atoms with E-state index in [2.05, 4.69) is 60.1 Å². The molecule has 2 N–H and O–H groups in total. The molecule has 0 fully saturated rings. The first-order valence-corrected chi connectivity index (χ1v) is 9.49. The van der Waals surface area contributed by atoms with Gasteiger partial charge in [0.05, 0.1) is 11.7 Å². The molecule has 134 valence electrons. The van der Waals surface area contributed by atoms with Gasteiger partial charge in [0.15, 0.2) is 0 Å². The molecule has 0 saturated carbocycles. The number of hydrogen-bond donors (Lipinski definition) is 1. The van der Waals surface area contributed by atoms with Gasteiger partial charge in [-0.2, -0.15) is 0 Å². The van der Waals surface area contributed by atoms with Crippen molar-refractivity contribution in [1.29, 1.82) is 0 Å². The molecule has 2 aliphatic heterocycles. The first-order chi connectivity index (χ1) is 12.7. The van der Waals surface area contributed by atoms with E-state index in [1.54, 1.807) is 0 Å². The van der Waals surface area contributed by atoms with Crippen LogP contribution in [-0.4, -0.2) is 22.6 Å². The second-order valence-electron chi connectivity index (χ2n) is 7.25. The number of unbranched alkanes of at least 4 members (excludes halogenated alkanes) is 1. The highest BCUT2D eigenvalue weighted by molar-refractivity contribution is 5.98. The number of para-hydroxylation sites is 1. The Bertz CT molecular complexity index is 851. The van der Waals surface area contributed by atoms with Gasteiger partial charge in [0.2, 0.25) is 0 Å². The highest BCUT2D eigenvalue weighted by Gasteiger charge is 2.42. The van der Waals surface area contributed by atoms with Gasteiger partial charge in [-0.3, -0.25) is 4.99 Å². The zero-order valence-electron chi connectivity index (χ0n) is 15.5. The molecule has 4 heteroatoms. The third-order valence-electron chi connectivity index (χ3n) is 5.29. The lowest BCUT2D eigenvalue weighted by Gasteiger charge is -2.33. The highest BCUT2D eigenvalue weighted by Crippen LogP contribution is 2.42. The van der Waals surface area contributed by atoms with E-state index < -0.39 is 0 Å². The molecule has 26 heavy (non-hydrogen) atoms. The van der Waals surface area contributed by atoms with Crippen LogP contribution in [0.25, 0.3) is 0 Å². The molecule has 0 saturated heterocycles. The number of aryl methyl sites for hydroxylation is 1. The third kappa shape index (κ3) is 3.00. The summed E-state index contributed by atoms with van der Waals surface area (Å²) in [6.07, 6.45) is 3.29. The number of rotatable bonds is 5. The minimum atomic E-state index is -0.0674. The van der Waals surface area contributed by atoms with E-state index in [0.717, 1.165) is 37.3 Å². The van der Waals surface area contributed by atoms with E-state index in [4.69, 9.17) is 10.7 Å². The van der Waals surface area contributed by atoms with Crippen molar-refractivity contribution in [3.05, 3.63) is 65.2 Å². The maximum absolute atomic E-state index is 6.32. The van der Waals surface area contributed by atoms with Gasteiger partial charge in [0.1, 0.15) is 17.7 Å². The number of benzene rings is 2. The van der Waals surface area contributed by atoms with Crippen LogP contribution in [0.5, 0.6) is 0 Å². The van der Waals surface area contributed by atoms with Gasteiger partial charge in [0.25, 0.3) is 0 Å². The second kappa shape index (κ2) is 6.94. The van der Waals surface area contributed by atoms with Crippen LogP contribution < -0.4 is 5.73 Å². The molecule has 0 radical (unpaired) electrons. The van der Waals surface area contributed by atoms with E-state index in [1.807, 2.05) is 12.1 Å². The fourth-order valence-electron chi connectivity index (χ4n) is 3.87. The van der Waals surface area contributed by atoms with E-state index in [-0.39, 0.29) is 12.1 Å². The first kappa shape index (κ1) is 16.8. The Labute approximate surface area is 155 Å². The van der Waals surface area contributed by atoms with Crippen LogP contribution in [-0.2, 0) is 6.54 Å². The van der Waals surface area contributed by atoms with Crippen LogP contribution in [0.2, 0.25) is 0 Å². The van der Waals surface area contributed by atoms with Crippen molar-refractivity contribution in [3.8, 4) is 0 Å². The topological polar surface area (TPSA) is 54.0 Å². The van der Waals surface area contributed by atoms with Gasteiger partial charge < -0.3 is 10.6 Å². The predicted molar refractivity (Wildman–Crippen MR) is 108 cm³/mol. The van der Waals surface area contributed by atoms with Crippen molar-refractivity contribution in [2.75, 3.05) is 0 Å². The van der Waals surface area contributed by atoms with Crippen LogP contribution in [0.15, 0.2) is 58.5 Å². The van der Waals surface area contributed by atoms with Crippen LogP contribution in [0, 0.1) is 6.92 Å². The molecular formula is C22H26N4. The van der Waals surface area contributed by atoms with Gasteiger partial charge in [-0.25, -0.2) is 4.99 Å². The summed E-state index contributed by atoms with van der Waals surface area (Å²) in [5.74, 6) is 1.80. The first-order valence-electron chi connectivity index (χ1n) is 9.49. The monoisotopic (exact) mass is 346 g/mol. The van der Waals surface area contributed by atoms with Crippen molar-refractivity contribution in [1.82, 2.24) is 4.90 Å². The molecule has 0 bridgehead atoms. The summed E-state index contributed by atoms with van der Waals surface area (Å²) in [4.78, 5) is 12.1. The number of aliphatic imine (C=N–C) groups is 2. The number of hydrogen-bond acceptors (Lipinski definition) is 4. The molecule has 2 unspecified atom stereocenters. The summed E-state index contributed by atoms with van der Waals surface area (Å²) in [7, 11) is 0. The van der Waals surface area contributed by atoms with Gasteiger partial charge in [-0.15, -0.1) is 0 Å². The normalized spacial score (nSPS) is 21.1. The largest absolute Gasteiger partial charge is 0.385 e. The predicted octanol–water partition coefficient (Wildman–Crippen LogP) is 4.51. The summed E-state index contributed by atoms with van der Waals surface area (Å²) in [5, 5.41) is 0. The SMILES string of the molecule is CCCCC1=NC2C(N)=Nc3ccccc3C2N1Cc1ccc(C)cc1. The Morgan fingerprint density at radius 1 is 1.08 bits per heavy atom. The lowest BCUT2D eigenvalue weighted by molar-refractivity contribution is 0.319. The number of nitrogens with two attached hydrogens (primary N) is 1. The molecule has 0 amide bonds. The van der Waals surface area contributed by atoms with Crippen LogP contribution in [0.1, 0.15) is 48.9 Å². The standard InChI is InChI=1S/C22H26N4/c1-3-4-9-19-25-20-21(17-7-5-6-8-18(17)24-22(20)23)26(19)14-16-12-10-15(2)11-13-16/h5-8,10-13,20-21H,3-4,9,14H2,1-2H3,(H2,23,24). The second-order valence-corrected chi connectivity index (χ2v) is 7.25. The zero-order chi connectivity index (χ0) is 18.1. The van der Waals surface area contributed by atoms with Crippen molar-refractivity contribution >= 4 is 17.4 Å². The highest BCUT2D eigenvalue weighted by atomic mass is 15.3. The maximum atomic E-state index is 6.32. The van der Waals surface area contributed by atoms with Crippen molar-refractivity contribution in [3.63, 3.8) is 0 Å². The molecule has 2 aromatic carbocycles. The van der Waals surface area contributed by atoms with Gasteiger partial charge in [0, 0.05) is 18.5 Å². The smallest absolute Gasteiger partial charge is 0.134 e. The molecule has 4 rings (SSSR count). The van der Waals surface area contributed by atoms with Gasteiger partial charge >= 0.3 is 0 Å². The number of nitrogens with zero attached hydrogens (tertiary/aromatic N) is 3. The van der Waals surface area contributed by atoms with E-state index in [1.165, 1.54) is 16.7 Å². The Balaban J connectivity index is 1.72. The Hall–Kier alpha value is -2.62. The summed E-state index contributed by atoms with van der Waals surface area (Å²) < 4.78 is 0. The van der Waals surface area contributed by atoms with Gasteiger partial charge in [-0.05, 0) is 25.0 Å². The summed E-state index contributed by atoms with van der Waals surface area (Å²) in [6.45, 7) is 5.20. The lowest BCUT2D eigenvalue weighted by Crippen LogP contribution is -2.39.